The van der Waals surface area contributed by atoms with Crippen molar-refractivity contribution in [1.82, 2.24) is 9.97 Å². The van der Waals surface area contributed by atoms with Crippen LogP contribution in [-0.4, -0.2) is 27.1 Å². The van der Waals surface area contributed by atoms with Gasteiger partial charge in [-0.2, -0.15) is 0 Å². The molecule has 0 aromatic carbocycles. The summed E-state index contributed by atoms with van der Waals surface area (Å²) in [6.45, 7) is 0. The lowest BCUT2D eigenvalue weighted by Crippen LogP contribution is -2.33. The van der Waals surface area contributed by atoms with Gasteiger partial charge in [0, 0.05) is 6.20 Å². The summed E-state index contributed by atoms with van der Waals surface area (Å²) >= 11 is 0. The maximum Gasteiger partial charge on any atom is 0.526 e. The first-order valence-electron chi connectivity index (χ1n) is 2.37. The Hall–Kier alpha value is -1.01. The Kier molecular flexibility index (Phi) is 1.41. The lowest BCUT2D eigenvalue weighted by atomic mass is 9.91. The number of nitrogens with zero attached hydrogens (tertiary/aromatic N) is 1. The van der Waals surface area contributed by atoms with E-state index in [2.05, 4.69) is 9.97 Å². The predicted molar refractivity (Wildman–Crippen MR) is 32.8 cm³/mol. The fraction of sp³-hybridized carbons (Fsp3) is 0. The van der Waals surface area contributed by atoms with Crippen molar-refractivity contribution < 1.29 is 10.0 Å². The number of hydrogen-bond donors (Lipinski definition) is 4. The average molecular weight is 127 g/mol. The fourth-order valence-corrected chi connectivity index (χ4v) is 0.484. The molecule has 48 valence electrons. The number of imidazole rings is 1. The molecule has 5 N–H and O–H groups in total. The molecule has 1 aromatic heterocycles. The van der Waals surface area contributed by atoms with Gasteiger partial charge in [0.2, 0.25) is 0 Å². The topological polar surface area (TPSA) is 95.2 Å². The van der Waals surface area contributed by atoms with E-state index in [9.17, 15) is 0 Å². The second-order valence-corrected chi connectivity index (χ2v) is 1.58. The van der Waals surface area contributed by atoms with E-state index in [0.717, 1.165) is 0 Å². The van der Waals surface area contributed by atoms with Crippen LogP contribution in [0.2, 0.25) is 0 Å². The number of rotatable bonds is 1. The lowest BCUT2D eigenvalue weighted by molar-refractivity contribution is 0.423. The highest BCUT2D eigenvalue weighted by Gasteiger charge is 2.13. The van der Waals surface area contributed by atoms with Crippen LogP contribution in [-0.2, 0) is 0 Å². The quantitative estimate of drug-likeness (QED) is 0.318. The maximum absolute atomic E-state index is 8.44. The van der Waals surface area contributed by atoms with Crippen LogP contribution in [0.15, 0.2) is 6.20 Å². The molecule has 5 nitrogen and oxygen atoms in total. The minimum absolute atomic E-state index is 0.0625. The molecule has 1 aromatic rings. The van der Waals surface area contributed by atoms with Crippen LogP contribution in [0.4, 0.5) is 5.82 Å². The van der Waals surface area contributed by atoms with Gasteiger partial charge in [-0.15, -0.1) is 0 Å². The molecule has 0 aliphatic rings. The minimum atomic E-state index is -1.57. The molecule has 0 fully saturated rings. The van der Waals surface area contributed by atoms with Crippen LogP contribution in [0, 0.1) is 0 Å². The summed E-state index contributed by atoms with van der Waals surface area (Å²) in [6, 6.07) is 0. The molecule has 0 aliphatic carbocycles. The van der Waals surface area contributed by atoms with Crippen LogP contribution in [0.5, 0.6) is 0 Å². The molecule has 0 radical (unpaired) electrons. The second-order valence-electron chi connectivity index (χ2n) is 1.58. The molecule has 0 unspecified atom stereocenters. The number of H-pyrrole nitrogens is 1. The molecule has 0 atom stereocenters. The van der Waals surface area contributed by atoms with Gasteiger partial charge in [0.1, 0.15) is 11.5 Å². The molecule has 9 heavy (non-hydrogen) atoms. The van der Waals surface area contributed by atoms with Gasteiger partial charge in [-0.05, 0) is 0 Å². The molecule has 0 spiro atoms. The van der Waals surface area contributed by atoms with E-state index in [1.54, 1.807) is 0 Å². The van der Waals surface area contributed by atoms with Gasteiger partial charge in [0.15, 0.2) is 0 Å². The monoisotopic (exact) mass is 127 g/mol. The number of nitrogens with two attached hydrogens (primary N) is 1. The Morgan fingerprint density at radius 2 is 2.33 bits per heavy atom. The molecular formula is C3H6BN3O2. The van der Waals surface area contributed by atoms with Crippen molar-refractivity contribution in [2.45, 2.75) is 0 Å². The Bertz CT molecular complexity index is 199. The summed E-state index contributed by atoms with van der Waals surface area (Å²) in [4.78, 5) is 6.00. The Labute approximate surface area is 51.7 Å². The molecule has 0 saturated carbocycles. The van der Waals surface area contributed by atoms with Crippen LogP contribution in [0.1, 0.15) is 0 Å². The van der Waals surface area contributed by atoms with Crippen LogP contribution in [0.25, 0.3) is 0 Å². The third-order valence-corrected chi connectivity index (χ3v) is 0.862. The maximum atomic E-state index is 8.44. The zero-order chi connectivity index (χ0) is 6.85. The first-order chi connectivity index (χ1) is 4.20. The molecule has 0 aliphatic heterocycles. The van der Waals surface area contributed by atoms with E-state index in [-0.39, 0.29) is 11.5 Å². The largest absolute Gasteiger partial charge is 0.526 e. The van der Waals surface area contributed by atoms with Crippen molar-refractivity contribution in [3.8, 4) is 0 Å². The van der Waals surface area contributed by atoms with Gasteiger partial charge >= 0.3 is 7.12 Å². The first kappa shape index (κ1) is 6.12. The highest BCUT2D eigenvalue weighted by molar-refractivity contribution is 6.56. The molecular weight excluding hydrogens is 121 g/mol. The summed E-state index contributed by atoms with van der Waals surface area (Å²) in [6.07, 6.45) is 1.38. The van der Waals surface area contributed by atoms with Crippen molar-refractivity contribution in [3.63, 3.8) is 0 Å². The van der Waals surface area contributed by atoms with E-state index in [0.29, 0.717) is 0 Å². The van der Waals surface area contributed by atoms with Crippen LogP contribution in [0.3, 0.4) is 0 Å². The van der Waals surface area contributed by atoms with Gasteiger partial charge in [-0.3, -0.25) is 0 Å². The number of anilines is 1. The zero-order valence-electron chi connectivity index (χ0n) is 4.57. The van der Waals surface area contributed by atoms with Gasteiger partial charge in [0.05, 0.1) is 0 Å². The molecule has 6 heteroatoms. The molecule has 1 heterocycles. The van der Waals surface area contributed by atoms with E-state index >= 15 is 0 Å². The number of nitrogen functional groups attached to an aromatic ring is 1. The third kappa shape index (κ3) is 1.21. The first-order valence-corrected chi connectivity index (χ1v) is 2.37. The van der Waals surface area contributed by atoms with Gasteiger partial charge < -0.3 is 20.8 Å². The summed E-state index contributed by atoms with van der Waals surface area (Å²) in [5.74, 6) is 0.248. The standard InChI is InChI=1S/C3H6BN3O2/c5-2-1-6-3(7-2)4(8)9/h1,8-9H,5H2,(H,6,7). The summed E-state index contributed by atoms with van der Waals surface area (Å²) in [5, 5.41) is 16.9. The smallest absolute Gasteiger partial charge is 0.421 e. The van der Waals surface area contributed by atoms with Crippen molar-refractivity contribution in [3.05, 3.63) is 6.20 Å². The van der Waals surface area contributed by atoms with Crippen LogP contribution >= 0.6 is 0 Å². The predicted octanol–water partition coefficient (Wildman–Crippen LogP) is -2.33. The SMILES string of the molecule is Nc1c[nH]c(B(O)O)n1. The molecule has 0 amide bonds. The lowest BCUT2D eigenvalue weighted by Gasteiger charge is -1.87. The molecule has 0 saturated heterocycles. The second kappa shape index (κ2) is 2.08. The van der Waals surface area contributed by atoms with E-state index in [4.69, 9.17) is 15.8 Å². The molecule has 1 rings (SSSR count). The van der Waals surface area contributed by atoms with Gasteiger partial charge in [-0.25, -0.2) is 4.98 Å². The van der Waals surface area contributed by atoms with Crippen molar-refractivity contribution >= 4 is 18.7 Å². The van der Waals surface area contributed by atoms with Crippen molar-refractivity contribution in [2.75, 3.05) is 5.73 Å². The Balaban J connectivity index is 2.85. The van der Waals surface area contributed by atoms with E-state index in [1.165, 1.54) is 6.20 Å². The third-order valence-electron chi connectivity index (χ3n) is 0.862. The zero-order valence-corrected chi connectivity index (χ0v) is 4.57. The highest BCUT2D eigenvalue weighted by Crippen LogP contribution is 1.85. The van der Waals surface area contributed by atoms with Crippen molar-refractivity contribution in [2.24, 2.45) is 0 Å². The van der Waals surface area contributed by atoms with Crippen LogP contribution < -0.4 is 11.5 Å². The number of hydrogen-bond acceptors (Lipinski definition) is 4. The number of aromatic amines is 1. The minimum Gasteiger partial charge on any atom is -0.421 e. The van der Waals surface area contributed by atoms with Crippen molar-refractivity contribution in [1.29, 1.82) is 0 Å². The Morgan fingerprint density at radius 1 is 1.67 bits per heavy atom. The highest BCUT2D eigenvalue weighted by atomic mass is 16.4. The Morgan fingerprint density at radius 3 is 2.56 bits per heavy atom. The number of nitrogens with one attached hydrogen (secondary N) is 1. The summed E-state index contributed by atoms with van der Waals surface area (Å²) < 4.78 is 0. The fourth-order valence-electron chi connectivity index (χ4n) is 0.484. The van der Waals surface area contributed by atoms with E-state index < -0.39 is 7.12 Å². The average Bonchev–Trinajstić information content (AvgIpc) is 2.14. The number of aromatic nitrogens is 2. The van der Waals surface area contributed by atoms with Gasteiger partial charge in [0.25, 0.3) is 0 Å². The normalized spacial score (nSPS) is 9.56. The molecule has 0 bridgehead atoms. The van der Waals surface area contributed by atoms with E-state index in [1.807, 2.05) is 0 Å². The summed E-state index contributed by atoms with van der Waals surface area (Å²) in [7, 11) is -1.57. The van der Waals surface area contributed by atoms with Gasteiger partial charge in [-0.1, -0.05) is 0 Å². The summed E-state index contributed by atoms with van der Waals surface area (Å²) in [5.41, 5.74) is 5.21.